The van der Waals surface area contributed by atoms with Crippen LogP contribution in [0, 0.1) is 5.92 Å². The lowest BCUT2D eigenvalue weighted by Crippen LogP contribution is -2.11. The van der Waals surface area contributed by atoms with Crippen LogP contribution in [0.3, 0.4) is 0 Å². The number of halogens is 3. The Morgan fingerprint density at radius 1 is 1.39 bits per heavy atom. The number of aromatic nitrogens is 1. The van der Waals surface area contributed by atoms with Crippen LogP contribution in [-0.4, -0.2) is 10.7 Å². The molecule has 1 aromatic rings. The Kier molecular flexibility index (Phi) is 5.47. The molecule has 0 aliphatic heterocycles. The fourth-order valence-electron chi connectivity index (χ4n) is 1.25. The second kappa shape index (κ2) is 6.43. The summed E-state index contributed by atoms with van der Waals surface area (Å²) in [4.78, 5) is 3.68. The molecule has 0 radical (unpaired) electrons. The molecular formula is C12H17F3N2S. The zero-order valence-corrected chi connectivity index (χ0v) is 11.2. The molecule has 0 fully saturated rings. The molecule has 18 heavy (non-hydrogen) atoms. The third-order valence-corrected chi connectivity index (χ3v) is 4.01. The second-order valence-electron chi connectivity index (χ2n) is 4.19. The largest absolute Gasteiger partial charge is 0.433 e. The first-order valence-electron chi connectivity index (χ1n) is 5.78. The van der Waals surface area contributed by atoms with Crippen LogP contribution in [0.2, 0.25) is 0 Å². The van der Waals surface area contributed by atoms with Gasteiger partial charge < -0.3 is 5.73 Å². The van der Waals surface area contributed by atoms with Crippen molar-refractivity contribution < 1.29 is 13.2 Å². The van der Waals surface area contributed by atoms with Crippen LogP contribution < -0.4 is 5.73 Å². The maximum absolute atomic E-state index is 12.6. The number of alkyl halides is 3. The minimum absolute atomic E-state index is 0.202. The minimum atomic E-state index is -4.40. The molecule has 1 rings (SSSR count). The summed E-state index contributed by atoms with van der Waals surface area (Å²) >= 11 is 1.34. The lowest BCUT2D eigenvalue weighted by Gasteiger charge is -2.13. The molecule has 1 aromatic heterocycles. The lowest BCUT2D eigenvalue weighted by atomic mass is 10.2. The summed E-state index contributed by atoms with van der Waals surface area (Å²) in [5.41, 5.74) is 5.32. The summed E-state index contributed by atoms with van der Waals surface area (Å²) in [6, 6.07) is 2.39. The first-order valence-corrected chi connectivity index (χ1v) is 6.77. The summed E-state index contributed by atoms with van der Waals surface area (Å²) < 4.78 is 37.7. The van der Waals surface area contributed by atoms with E-state index in [9.17, 15) is 13.2 Å². The molecule has 1 unspecified atom stereocenters. The van der Waals surface area contributed by atoms with Crippen LogP contribution in [0.4, 0.5) is 13.2 Å². The van der Waals surface area contributed by atoms with E-state index in [-0.39, 0.29) is 6.54 Å². The average Bonchev–Trinajstić information content (AvgIpc) is 2.34. The van der Waals surface area contributed by atoms with Crippen molar-refractivity contribution >= 4 is 11.8 Å². The Hall–Kier alpha value is -0.750. The summed E-state index contributed by atoms with van der Waals surface area (Å²) in [5.74, 6) is 1.19. The Morgan fingerprint density at radius 2 is 2.06 bits per heavy atom. The number of nitrogens with two attached hydrogens (primary N) is 1. The number of rotatable bonds is 5. The van der Waals surface area contributed by atoms with Crippen molar-refractivity contribution in [3.8, 4) is 0 Å². The highest BCUT2D eigenvalue weighted by molar-refractivity contribution is 7.99. The Bertz CT molecular complexity index is 393. The lowest BCUT2D eigenvalue weighted by molar-refractivity contribution is -0.141. The smallest absolute Gasteiger partial charge is 0.326 e. The number of hydrogen-bond acceptors (Lipinski definition) is 3. The van der Waals surface area contributed by atoms with E-state index in [0.29, 0.717) is 16.5 Å². The van der Waals surface area contributed by atoms with E-state index in [1.165, 1.54) is 17.8 Å². The Morgan fingerprint density at radius 3 is 2.56 bits per heavy atom. The molecule has 1 heterocycles. The van der Waals surface area contributed by atoms with Crippen LogP contribution in [0.15, 0.2) is 17.2 Å². The molecule has 2 nitrogen and oxygen atoms in total. The molecular weight excluding hydrogens is 261 g/mol. The molecule has 0 bridgehead atoms. The first-order chi connectivity index (χ1) is 8.38. The van der Waals surface area contributed by atoms with Crippen molar-refractivity contribution in [2.75, 3.05) is 5.75 Å². The van der Waals surface area contributed by atoms with E-state index in [2.05, 4.69) is 18.8 Å². The van der Waals surface area contributed by atoms with Gasteiger partial charge in [0.2, 0.25) is 0 Å². The predicted octanol–water partition coefficient (Wildman–Crippen LogP) is 3.70. The third-order valence-electron chi connectivity index (χ3n) is 2.65. The minimum Gasteiger partial charge on any atom is -0.326 e. The van der Waals surface area contributed by atoms with E-state index in [1.54, 1.807) is 0 Å². The van der Waals surface area contributed by atoms with Crippen LogP contribution in [-0.2, 0) is 12.7 Å². The molecule has 0 aromatic carbocycles. The van der Waals surface area contributed by atoms with Gasteiger partial charge in [-0.05, 0) is 17.5 Å². The fraction of sp³-hybridized carbons (Fsp3) is 0.583. The van der Waals surface area contributed by atoms with Gasteiger partial charge in [-0.15, -0.1) is 11.8 Å². The normalized spacial score (nSPS) is 13.7. The number of thioether (sulfide) groups is 1. The van der Waals surface area contributed by atoms with Gasteiger partial charge in [0.15, 0.2) is 0 Å². The van der Waals surface area contributed by atoms with E-state index in [4.69, 9.17) is 5.73 Å². The second-order valence-corrected chi connectivity index (χ2v) is 5.20. The predicted molar refractivity (Wildman–Crippen MR) is 67.3 cm³/mol. The molecule has 0 aliphatic carbocycles. The van der Waals surface area contributed by atoms with Crippen molar-refractivity contribution in [2.24, 2.45) is 11.7 Å². The molecule has 6 heteroatoms. The van der Waals surface area contributed by atoms with Gasteiger partial charge in [-0.2, -0.15) is 13.2 Å². The van der Waals surface area contributed by atoms with Crippen molar-refractivity contribution in [3.63, 3.8) is 0 Å². The van der Waals surface area contributed by atoms with E-state index in [0.717, 1.165) is 18.2 Å². The zero-order valence-electron chi connectivity index (χ0n) is 10.4. The maximum atomic E-state index is 12.6. The highest BCUT2D eigenvalue weighted by Gasteiger charge is 2.33. The monoisotopic (exact) mass is 278 g/mol. The van der Waals surface area contributed by atoms with Gasteiger partial charge in [0.25, 0.3) is 0 Å². The summed E-state index contributed by atoms with van der Waals surface area (Å²) in [7, 11) is 0. The molecule has 0 amide bonds. The molecule has 0 spiro atoms. The van der Waals surface area contributed by atoms with Crippen LogP contribution in [0.5, 0.6) is 0 Å². The van der Waals surface area contributed by atoms with Crippen molar-refractivity contribution in [1.82, 2.24) is 4.98 Å². The standard InChI is InChI=1S/C12H17F3N2S/c1-3-8(2)7-18-11-9(6-16)4-5-10(17-11)12(13,14)15/h4-5,8H,3,6-7,16H2,1-2H3. The van der Waals surface area contributed by atoms with Crippen LogP contribution in [0.1, 0.15) is 31.5 Å². The molecule has 0 saturated heterocycles. The number of nitrogens with zero attached hydrogens (tertiary/aromatic N) is 1. The van der Waals surface area contributed by atoms with Gasteiger partial charge in [-0.25, -0.2) is 4.98 Å². The Balaban J connectivity index is 2.92. The van der Waals surface area contributed by atoms with Crippen molar-refractivity contribution in [3.05, 3.63) is 23.4 Å². The van der Waals surface area contributed by atoms with E-state index in [1.807, 2.05) is 0 Å². The molecule has 2 N–H and O–H groups in total. The van der Waals surface area contributed by atoms with Gasteiger partial charge >= 0.3 is 6.18 Å². The SMILES string of the molecule is CCC(C)CSc1nc(C(F)(F)F)ccc1CN. The topological polar surface area (TPSA) is 38.9 Å². The molecule has 1 atom stereocenters. The van der Waals surface area contributed by atoms with Crippen molar-refractivity contribution in [1.29, 1.82) is 0 Å². The van der Waals surface area contributed by atoms with Crippen LogP contribution in [0.25, 0.3) is 0 Å². The molecule has 0 saturated carbocycles. The summed E-state index contributed by atoms with van der Waals surface area (Å²) in [5, 5.41) is 0.396. The summed E-state index contributed by atoms with van der Waals surface area (Å²) in [6.07, 6.45) is -3.41. The maximum Gasteiger partial charge on any atom is 0.433 e. The van der Waals surface area contributed by atoms with E-state index >= 15 is 0 Å². The quantitative estimate of drug-likeness (QED) is 0.835. The van der Waals surface area contributed by atoms with Gasteiger partial charge in [-0.1, -0.05) is 26.3 Å². The highest BCUT2D eigenvalue weighted by atomic mass is 32.2. The fourth-order valence-corrected chi connectivity index (χ4v) is 2.42. The van der Waals surface area contributed by atoms with Crippen LogP contribution >= 0.6 is 11.8 Å². The number of pyridine rings is 1. The Labute approximate surface area is 109 Å². The zero-order chi connectivity index (χ0) is 13.8. The van der Waals surface area contributed by atoms with Gasteiger partial charge in [-0.3, -0.25) is 0 Å². The van der Waals surface area contributed by atoms with Gasteiger partial charge in [0, 0.05) is 12.3 Å². The highest BCUT2D eigenvalue weighted by Crippen LogP contribution is 2.31. The molecule has 0 aliphatic rings. The summed E-state index contributed by atoms with van der Waals surface area (Å²) in [6.45, 7) is 4.31. The van der Waals surface area contributed by atoms with Gasteiger partial charge in [0.1, 0.15) is 10.7 Å². The number of hydrogen-bond donors (Lipinski definition) is 1. The van der Waals surface area contributed by atoms with E-state index < -0.39 is 11.9 Å². The average molecular weight is 278 g/mol. The molecule has 102 valence electrons. The van der Waals surface area contributed by atoms with Gasteiger partial charge in [0.05, 0.1) is 0 Å². The first kappa shape index (κ1) is 15.3. The van der Waals surface area contributed by atoms with Crippen molar-refractivity contribution in [2.45, 2.75) is 38.0 Å². The third kappa shape index (κ3) is 4.17.